The van der Waals surface area contributed by atoms with Gasteiger partial charge in [-0.05, 0) is 25.8 Å². The summed E-state index contributed by atoms with van der Waals surface area (Å²) in [5.41, 5.74) is 0.733. The third-order valence-electron chi connectivity index (χ3n) is 8.10. The zero-order chi connectivity index (χ0) is 31.6. The minimum atomic E-state index is -1.02. The van der Waals surface area contributed by atoms with Crippen molar-refractivity contribution in [3.8, 4) is 0 Å². The zero-order valence-electron chi connectivity index (χ0n) is 25.8. The molecule has 2 N–H and O–H groups in total. The first-order chi connectivity index (χ1) is 21.1. The van der Waals surface area contributed by atoms with E-state index in [-0.39, 0.29) is 54.5 Å². The summed E-state index contributed by atoms with van der Waals surface area (Å²) >= 11 is 0. The lowest BCUT2D eigenvalue weighted by atomic mass is 9.92. The molecule has 0 aliphatic carbocycles. The molecule has 4 rings (SSSR count). The Hall–Kier alpha value is -3.61. The number of cyclic esters (lactones) is 1. The van der Waals surface area contributed by atoms with Gasteiger partial charge in [0.15, 0.2) is 5.69 Å². The summed E-state index contributed by atoms with van der Waals surface area (Å²) in [6, 6.07) is -0.791. The molecular formula is C32H44N4O8. The summed E-state index contributed by atoms with van der Waals surface area (Å²) in [5, 5.41) is 13.1. The zero-order valence-corrected chi connectivity index (χ0v) is 25.8. The third kappa shape index (κ3) is 9.44. The maximum atomic E-state index is 13.6. The SMILES string of the molecule is CC1=CC(O)CC(=O)Cc2nc(co2)C(=O)N2CCCC2C(=O)OC(C(C)CN2CCOCC2)C(C)/C=C/C(=O)NCC=C1. The molecule has 5 atom stereocenters. The van der Waals surface area contributed by atoms with Crippen LogP contribution >= 0.6 is 0 Å². The van der Waals surface area contributed by atoms with Crippen molar-refractivity contribution in [1.82, 2.24) is 20.1 Å². The molecule has 0 spiro atoms. The van der Waals surface area contributed by atoms with Gasteiger partial charge in [0.25, 0.3) is 5.91 Å². The first kappa shape index (κ1) is 33.3. The average molecular weight is 613 g/mol. The highest BCUT2D eigenvalue weighted by Gasteiger charge is 2.39. The van der Waals surface area contributed by atoms with Gasteiger partial charge < -0.3 is 29.2 Å². The fourth-order valence-electron chi connectivity index (χ4n) is 5.85. The predicted octanol–water partition coefficient (Wildman–Crippen LogP) is 1.85. The van der Waals surface area contributed by atoms with E-state index in [2.05, 4.69) is 15.2 Å². The lowest BCUT2D eigenvalue weighted by Crippen LogP contribution is -2.46. The maximum absolute atomic E-state index is 13.6. The highest BCUT2D eigenvalue weighted by molar-refractivity contribution is 5.95. The van der Waals surface area contributed by atoms with Gasteiger partial charge in [-0.3, -0.25) is 19.3 Å². The highest BCUT2D eigenvalue weighted by Crippen LogP contribution is 2.26. The van der Waals surface area contributed by atoms with Crippen LogP contribution in [0.3, 0.4) is 0 Å². The highest BCUT2D eigenvalue weighted by atomic mass is 16.5. The van der Waals surface area contributed by atoms with Crippen LogP contribution in [0.5, 0.6) is 0 Å². The summed E-state index contributed by atoms with van der Waals surface area (Å²) in [4.78, 5) is 60.1. The summed E-state index contributed by atoms with van der Waals surface area (Å²) in [6.07, 6.45) is 8.62. The Kier molecular flexibility index (Phi) is 12.0. The van der Waals surface area contributed by atoms with E-state index in [9.17, 15) is 24.3 Å². The fourth-order valence-corrected chi connectivity index (χ4v) is 5.85. The van der Waals surface area contributed by atoms with Gasteiger partial charge in [-0.15, -0.1) is 0 Å². The Labute approximate surface area is 258 Å². The van der Waals surface area contributed by atoms with Crippen molar-refractivity contribution in [1.29, 1.82) is 0 Å². The van der Waals surface area contributed by atoms with Gasteiger partial charge in [0.05, 0.1) is 25.7 Å². The minimum Gasteiger partial charge on any atom is -0.460 e. The van der Waals surface area contributed by atoms with Crippen LogP contribution in [0.4, 0.5) is 0 Å². The van der Waals surface area contributed by atoms with E-state index in [0.29, 0.717) is 39.1 Å². The fraction of sp³-hybridized carbons (Fsp3) is 0.594. The lowest BCUT2D eigenvalue weighted by molar-refractivity contribution is -0.159. The van der Waals surface area contributed by atoms with E-state index in [1.807, 2.05) is 13.8 Å². The first-order valence-corrected chi connectivity index (χ1v) is 15.4. The van der Waals surface area contributed by atoms with Crippen LogP contribution in [0.25, 0.3) is 0 Å². The number of hydrogen-bond donors (Lipinski definition) is 2. The lowest BCUT2D eigenvalue weighted by Gasteiger charge is -2.35. The van der Waals surface area contributed by atoms with Crippen molar-refractivity contribution in [2.45, 2.75) is 64.7 Å². The topological polar surface area (TPSA) is 152 Å². The normalized spacial score (nSPS) is 28.5. The van der Waals surface area contributed by atoms with E-state index in [4.69, 9.17) is 13.9 Å². The van der Waals surface area contributed by atoms with Crippen LogP contribution in [-0.2, 0) is 30.3 Å². The molecule has 240 valence electrons. The second-order valence-corrected chi connectivity index (χ2v) is 11.8. The quantitative estimate of drug-likeness (QED) is 0.484. The molecule has 44 heavy (non-hydrogen) atoms. The molecule has 12 heteroatoms. The first-order valence-electron chi connectivity index (χ1n) is 15.4. The number of rotatable bonds is 3. The average Bonchev–Trinajstić information content (AvgIpc) is 3.66. The molecule has 3 aliphatic heterocycles. The Morgan fingerprint density at radius 1 is 1.14 bits per heavy atom. The third-order valence-corrected chi connectivity index (χ3v) is 8.10. The summed E-state index contributed by atoms with van der Waals surface area (Å²) in [6.45, 7) is 9.90. The Balaban J connectivity index is 1.57. The van der Waals surface area contributed by atoms with Crippen molar-refractivity contribution in [3.05, 3.63) is 53.8 Å². The van der Waals surface area contributed by atoms with Crippen molar-refractivity contribution in [3.63, 3.8) is 0 Å². The number of allylic oxidation sites excluding steroid dienone is 2. The summed E-state index contributed by atoms with van der Waals surface area (Å²) in [5.74, 6) is -1.86. The van der Waals surface area contributed by atoms with Crippen molar-refractivity contribution < 1.29 is 38.2 Å². The van der Waals surface area contributed by atoms with Crippen molar-refractivity contribution in [2.24, 2.45) is 11.8 Å². The summed E-state index contributed by atoms with van der Waals surface area (Å²) < 4.78 is 17.0. The molecule has 1 aromatic rings. The van der Waals surface area contributed by atoms with Crippen molar-refractivity contribution in [2.75, 3.05) is 45.9 Å². The number of oxazole rings is 1. The molecule has 4 heterocycles. The van der Waals surface area contributed by atoms with Crippen LogP contribution in [0.2, 0.25) is 0 Å². The molecule has 12 nitrogen and oxygen atoms in total. The number of nitrogens with one attached hydrogen (secondary N) is 1. The Morgan fingerprint density at radius 2 is 1.91 bits per heavy atom. The number of fused-ring (bicyclic) bond motifs is 3. The molecule has 0 saturated carbocycles. The van der Waals surface area contributed by atoms with Gasteiger partial charge >= 0.3 is 5.97 Å². The second kappa shape index (κ2) is 15.9. The van der Waals surface area contributed by atoms with Gasteiger partial charge in [0.2, 0.25) is 11.8 Å². The van der Waals surface area contributed by atoms with E-state index in [1.165, 1.54) is 17.2 Å². The monoisotopic (exact) mass is 612 g/mol. The number of aliphatic hydroxyl groups excluding tert-OH is 1. The molecular weight excluding hydrogens is 568 g/mol. The number of carbonyl (C=O) groups excluding carboxylic acids is 4. The molecule has 3 aliphatic rings. The number of ketones is 1. The Bertz CT molecular complexity index is 1260. The van der Waals surface area contributed by atoms with Gasteiger partial charge in [-0.25, -0.2) is 9.78 Å². The largest absolute Gasteiger partial charge is 0.460 e. The van der Waals surface area contributed by atoms with Gasteiger partial charge in [-0.1, -0.05) is 43.7 Å². The molecule has 0 aromatic carbocycles. The number of Topliss-reactive ketones (excluding diaryl/α,β-unsaturated/α-hetero) is 1. The number of amides is 2. The van der Waals surface area contributed by atoms with E-state index >= 15 is 0 Å². The smallest absolute Gasteiger partial charge is 0.329 e. The number of esters is 1. The van der Waals surface area contributed by atoms with Crippen LogP contribution in [0.15, 0.2) is 46.6 Å². The molecule has 2 fully saturated rings. The molecule has 2 saturated heterocycles. The van der Waals surface area contributed by atoms with Gasteiger partial charge in [0.1, 0.15) is 24.2 Å². The number of carbonyl (C=O) groups is 4. The van der Waals surface area contributed by atoms with Crippen LogP contribution in [0, 0.1) is 11.8 Å². The van der Waals surface area contributed by atoms with Crippen LogP contribution in [-0.4, -0.2) is 108 Å². The van der Waals surface area contributed by atoms with E-state index in [0.717, 1.165) is 18.7 Å². The van der Waals surface area contributed by atoms with E-state index in [1.54, 1.807) is 31.2 Å². The second-order valence-electron chi connectivity index (χ2n) is 11.8. The standard InChI is InChI=1S/C32H44N4O8/c1-21-6-4-10-33-28(39)9-8-22(2)30(23(3)19-35-12-14-42-15-13-35)44-32(41)27-7-5-11-36(27)31(40)26-20-43-29(34-26)18-25(38)17-24(37)16-21/h4,6,8-9,16,20,22-24,27,30,37H,5,7,10-15,17-19H2,1-3H3,(H,33,39)/b6-4?,9-8+,21-16?. The number of ether oxygens (including phenoxy) is 2. The predicted molar refractivity (Wildman–Crippen MR) is 160 cm³/mol. The molecule has 5 unspecified atom stereocenters. The number of morpholine rings is 1. The number of aliphatic hydroxyl groups is 1. The van der Waals surface area contributed by atoms with Gasteiger partial charge in [-0.2, -0.15) is 0 Å². The van der Waals surface area contributed by atoms with Gasteiger partial charge in [0, 0.05) is 51.0 Å². The minimum absolute atomic E-state index is 0.00636. The van der Waals surface area contributed by atoms with E-state index < -0.39 is 30.1 Å². The molecule has 0 radical (unpaired) electrons. The number of aromatic nitrogens is 1. The molecule has 2 amide bonds. The number of nitrogens with zero attached hydrogens (tertiary/aromatic N) is 3. The van der Waals surface area contributed by atoms with Crippen LogP contribution in [0.1, 0.15) is 56.4 Å². The van der Waals surface area contributed by atoms with Crippen molar-refractivity contribution >= 4 is 23.6 Å². The molecule has 1 aromatic heterocycles. The van der Waals surface area contributed by atoms with Crippen LogP contribution < -0.4 is 5.32 Å². The maximum Gasteiger partial charge on any atom is 0.329 e. The number of hydrogen-bond acceptors (Lipinski definition) is 10. The molecule has 2 bridgehead atoms. The summed E-state index contributed by atoms with van der Waals surface area (Å²) in [7, 11) is 0. The Morgan fingerprint density at radius 3 is 2.68 bits per heavy atom.